The summed E-state index contributed by atoms with van der Waals surface area (Å²) in [5.41, 5.74) is 1.09. The van der Waals surface area contributed by atoms with E-state index in [1.165, 1.54) is 12.8 Å². The van der Waals surface area contributed by atoms with E-state index in [0.717, 1.165) is 62.4 Å². The topological polar surface area (TPSA) is 64.7 Å². The summed E-state index contributed by atoms with van der Waals surface area (Å²) in [4.78, 5) is 29.2. The van der Waals surface area contributed by atoms with Gasteiger partial charge < -0.3 is 10.6 Å². The van der Waals surface area contributed by atoms with Crippen molar-refractivity contribution in [1.29, 1.82) is 0 Å². The SMILES string of the molecule is O=C(CN1CCC(NC(=O)C2CC2)CC1)NC[C@@H](c1ccccc1Cl)N1CCCC1. The van der Waals surface area contributed by atoms with Crippen molar-refractivity contribution in [2.24, 2.45) is 5.92 Å². The summed E-state index contributed by atoms with van der Waals surface area (Å²) in [6, 6.07) is 8.33. The van der Waals surface area contributed by atoms with Gasteiger partial charge in [0, 0.05) is 36.6 Å². The van der Waals surface area contributed by atoms with Crippen molar-refractivity contribution in [2.45, 2.75) is 50.6 Å². The molecule has 2 heterocycles. The van der Waals surface area contributed by atoms with E-state index in [-0.39, 0.29) is 29.8 Å². The number of nitrogens with one attached hydrogen (secondary N) is 2. The molecule has 0 radical (unpaired) electrons. The van der Waals surface area contributed by atoms with Gasteiger partial charge in [-0.05, 0) is 63.2 Å². The van der Waals surface area contributed by atoms with Crippen molar-refractivity contribution in [1.82, 2.24) is 20.4 Å². The Kier molecular flexibility index (Phi) is 7.28. The van der Waals surface area contributed by atoms with Crippen molar-refractivity contribution in [3.05, 3.63) is 34.9 Å². The van der Waals surface area contributed by atoms with Gasteiger partial charge in [0.05, 0.1) is 12.6 Å². The number of rotatable bonds is 8. The Morgan fingerprint density at radius 3 is 2.40 bits per heavy atom. The number of carbonyl (C=O) groups is 2. The zero-order valence-corrected chi connectivity index (χ0v) is 18.4. The van der Waals surface area contributed by atoms with E-state index in [1.54, 1.807) is 0 Å². The van der Waals surface area contributed by atoms with E-state index in [9.17, 15) is 9.59 Å². The predicted octanol–water partition coefficient (Wildman–Crippen LogP) is 2.58. The molecule has 2 N–H and O–H groups in total. The summed E-state index contributed by atoms with van der Waals surface area (Å²) in [5, 5.41) is 7.08. The molecule has 1 saturated carbocycles. The van der Waals surface area contributed by atoms with Crippen LogP contribution in [0.4, 0.5) is 0 Å². The van der Waals surface area contributed by atoms with E-state index >= 15 is 0 Å². The second-order valence-electron chi connectivity index (χ2n) is 8.92. The summed E-state index contributed by atoms with van der Waals surface area (Å²) >= 11 is 6.46. The number of nitrogens with zero attached hydrogens (tertiary/aromatic N) is 2. The maximum atomic E-state index is 12.6. The van der Waals surface area contributed by atoms with Crippen molar-refractivity contribution < 1.29 is 9.59 Å². The third-order valence-electron chi connectivity index (χ3n) is 6.59. The molecule has 3 fully saturated rings. The summed E-state index contributed by atoms with van der Waals surface area (Å²) in [7, 11) is 0. The Labute approximate surface area is 184 Å². The molecule has 2 saturated heterocycles. The molecular weight excluding hydrogens is 400 g/mol. The number of carbonyl (C=O) groups excluding carboxylic acids is 2. The average molecular weight is 433 g/mol. The zero-order valence-electron chi connectivity index (χ0n) is 17.6. The number of hydrogen-bond donors (Lipinski definition) is 2. The molecule has 0 bridgehead atoms. The maximum Gasteiger partial charge on any atom is 0.234 e. The van der Waals surface area contributed by atoms with Gasteiger partial charge in [-0.2, -0.15) is 0 Å². The molecule has 30 heavy (non-hydrogen) atoms. The molecule has 2 amide bonds. The second kappa shape index (κ2) is 10.1. The van der Waals surface area contributed by atoms with Gasteiger partial charge in [-0.15, -0.1) is 0 Å². The Morgan fingerprint density at radius 2 is 1.73 bits per heavy atom. The molecule has 0 unspecified atom stereocenters. The molecule has 164 valence electrons. The molecule has 2 aliphatic heterocycles. The van der Waals surface area contributed by atoms with Gasteiger partial charge >= 0.3 is 0 Å². The van der Waals surface area contributed by atoms with Crippen LogP contribution in [0.5, 0.6) is 0 Å². The van der Waals surface area contributed by atoms with E-state index < -0.39 is 0 Å². The monoisotopic (exact) mass is 432 g/mol. The summed E-state index contributed by atoms with van der Waals surface area (Å²) in [5.74, 6) is 0.543. The molecule has 0 spiro atoms. The number of likely N-dealkylation sites (tertiary alicyclic amines) is 2. The fraction of sp³-hybridized carbons (Fsp3) is 0.652. The second-order valence-corrected chi connectivity index (χ2v) is 9.32. The lowest BCUT2D eigenvalue weighted by molar-refractivity contribution is -0.125. The first kappa shape index (κ1) is 21.6. The summed E-state index contributed by atoms with van der Waals surface area (Å²) in [6.45, 7) is 4.79. The predicted molar refractivity (Wildman–Crippen MR) is 118 cm³/mol. The quantitative estimate of drug-likeness (QED) is 0.662. The van der Waals surface area contributed by atoms with Crippen LogP contribution < -0.4 is 10.6 Å². The highest BCUT2D eigenvalue weighted by Crippen LogP contribution is 2.30. The number of hydrogen-bond acceptors (Lipinski definition) is 4. The van der Waals surface area contributed by atoms with Crippen LogP contribution in [-0.2, 0) is 9.59 Å². The van der Waals surface area contributed by atoms with E-state index in [2.05, 4.69) is 26.5 Å². The third kappa shape index (κ3) is 5.74. The average Bonchev–Trinajstić information content (AvgIpc) is 3.46. The van der Waals surface area contributed by atoms with Crippen molar-refractivity contribution in [3.63, 3.8) is 0 Å². The number of benzene rings is 1. The molecular formula is C23H33ClN4O2. The van der Waals surface area contributed by atoms with Crippen LogP contribution in [-0.4, -0.2) is 66.9 Å². The summed E-state index contributed by atoms with van der Waals surface area (Å²) in [6.07, 6.45) is 6.31. The van der Waals surface area contributed by atoms with Gasteiger partial charge in [-0.1, -0.05) is 29.8 Å². The minimum atomic E-state index is 0.0618. The zero-order chi connectivity index (χ0) is 20.9. The summed E-state index contributed by atoms with van der Waals surface area (Å²) < 4.78 is 0. The standard InChI is InChI=1S/C23H33ClN4O2/c24-20-6-2-1-5-19(20)21(28-11-3-4-12-28)15-25-22(29)16-27-13-9-18(10-14-27)26-23(30)17-7-8-17/h1-2,5-6,17-18,21H,3-4,7-16H2,(H,25,29)(H,26,30)/t21-/m0/s1. The molecule has 4 rings (SSSR count). The number of halogens is 1. The third-order valence-corrected chi connectivity index (χ3v) is 6.93. The number of piperidine rings is 1. The van der Waals surface area contributed by atoms with Gasteiger partial charge in [0.25, 0.3) is 0 Å². The highest BCUT2D eigenvalue weighted by atomic mass is 35.5. The van der Waals surface area contributed by atoms with Gasteiger partial charge in [0.2, 0.25) is 11.8 Å². The van der Waals surface area contributed by atoms with Gasteiger partial charge in [-0.3, -0.25) is 19.4 Å². The van der Waals surface area contributed by atoms with Crippen LogP contribution in [0.3, 0.4) is 0 Å². The lowest BCUT2D eigenvalue weighted by Crippen LogP contribution is -2.48. The van der Waals surface area contributed by atoms with Crippen LogP contribution in [0.15, 0.2) is 24.3 Å². The van der Waals surface area contributed by atoms with Crippen molar-refractivity contribution in [2.75, 3.05) is 39.3 Å². The van der Waals surface area contributed by atoms with E-state index in [0.29, 0.717) is 13.1 Å². The molecule has 1 aromatic carbocycles. The minimum absolute atomic E-state index is 0.0618. The molecule has 7 heteroatoms. The normalized spacial score (nSPS) is 22.0. The smallest absolute Gasteiger partial charge is 0.234 e. The molecule has 6 nitrogen and oxygen atoms in total. The lowest BCUT2D eigenvalue weighted by atomic mass is 10.0. The Morgan fingerprint density at radius 1 is 1.03 bits per heavy atom. The van der Waals surface area contributed by atoms with Gasteiger partial charge in [0.15, 0.2) is 0 Å². The Bertz CT molecular complexity index is 740. The first-order chi connectivity index (χ1) is 14.6. The maximum absolute atomic E-state index is 12.6. The highest BCUT2D eigenvalue weighted by molar-refractivity contribution is 6.31. The Balaban J connectivity index is 1.24. The highest BCUT2D eigenvalue weighted by Gasteiger charge is 2.32. The fourth-order valence-corrected chi connectivity index (χ4v) is 4.87. The Hall–Kier alpha value is -1.63. The van der Waals surface area contributed by atoms with Crippen LogP contribution in [0.1, 0.15) is 50.1 Å². The van der Waals surface area contributed by atoms with Crippen LogP contribution >= 0.6 is 11.6 Å². The van der Waals surface area contributed by atoms with Gasteiger partial charge in [0.1, 0.15) is 0 Å². The molecule has 0 aromatic heterocycles. The van der Waals surface area contributed by atoms with E-state index in [1.807, 2.05) is 18.2 Å². The largest absolute Gasteiger partial charge is 0.353 e. The number of amides is 2. The molecule has 3 aliphatic rings. The van der Waals surface area contributed by atoms with Gasteiger partial charge in [-0.25, -0.2) is 0 Å². The van der Waals surface area contributed by atoms with Crippen molar-refractivity contribution in [3.8, 4) is 0 Å². The van der Waals surface area contributed by atoms with Crippen molar-refractivity contribution >= 4 is 23.4 Å². The van der Waals surface area contributed by atoms with Crippen LogP contribution in [0.25, 0.3) is 0 Å². The van der Waals surface area contributed by atoms with E-state index in [4.69, 9.17) is 11.6 Å². The fourth-order valence-electron chi connectivity index (χ4n) is 4.60. The first-order valence-corrected chi connectivity index (χ1v) is 11.8. The first-order valence-electron chi connectivity index (χ1n) is 11.4. The molecule has 1 aromatic rings. The molecule has 1 aliphatic carbocycles. The van der Waals surface area contributed by atoms with Crippen LogP contribution in [0, 0.1) is 5.92 Å². The van der Waals surface area contributed by atoms with Crippen LogP contribution in [0.2, 0.25) is 5.02 Å². The lowest BCUT2D eigenvalue weighted by Gasteiger charge is -2.32. The minimum Gasteiger partial charge on any atom is -0.353 e. The molecule has 1 atom stereocenters.